The van der Waals surface area contributed by atoms with Crippen molar-refractivity contribution in [3.63, 3.8) is 0 Å². The minimum absolute atomic E-state index is 0.0749. The van der Waals surface area contributed by atoms with E-state index in [2.05, 4.69) is 15.6 Å². The molecule has 1 aliphatic heterocycles. The molecule has 0 saturated carbocycles. The second kappa shape index (κ2) is 11.9. The second-order valence-corrected chi connectivity index (χ2v) is 9.64. The molecule has 1 aliphatic rings. The first-order valence-electron chi connectivity index (χ1n) is 11.8. The van der Waals surface area contributed by atoms with Gasteiger partial charge in [0.1, 0.15) is 17.7 Å². The van der Waals surface area contributed by atoms with E-state index in [0.717, 1.165) is 12.8 Å². The van der Waals surface area contributed by atoms with Gasteiger partial charge in [-0.1, -0.05) is 18.2 Å². The first-order valence-corrected chi connectivity index (χ1v) is 11.8. The lowest BCUT2D eigenvalue weighted by Gasteiger charge is -2.35. The number of anilines is 1. The molecule has 2 aromatic rings. The van der Waals surface area contributed by atoms with Gasteiger partial charge >= 0.3 is 0 Å². The maximum absolute atomic E-state index is 13.6. The van der Waals surface area contributed by atoms with Gasteiger partial charge in [-0.2, -0.15) is 0 Å². The molecule has 2 heterocycles. The number of nitrogens with zero attached hydrogens (tertiary/aromatic N) is 2. The van der Waals surface area contributed by atoms with Crippen molar-refractivity contribution in [2.24, 2.45) is 0 Å². The van der Waals surface area contributed by atoms with Crippen LogP contribution in [0.1, 0.15) is 58.1 Å². The third-order valence-electron chi connectivity index (χ3n) is 5.49. The summed E-state index contributed by atoms with van der Waals surface area (Å²) in [5.74, 6) is -1.14. The summed E-state index contributed by atoms with van der Waals surface area (Å²) in [4.78, 5) is 44.8. The maximum atomic E-state index is 13.6. The lowest BCUT2D eigenvalue weighted by molar-refractivity contribution is -0.143. The quantitative estimate of drug-likeness (QED) is 0.566. The second-order valence-electron chi connectivity index (χ2n) is 9.64. The molecule has 1 aromatic carbocycles. The third kappa shape index (κ3) is 8.13. The van der Waals surface area contributed by atoms with Crippen molar-refractivity contribution in [2.75, 3.05) is 18.5 Å². The van der Waals surface area contributed by atoms with Crippen molar-refractivity contribution < 1.29 is 23.5 Å². The Hall–Kier alpha value is -3.33. The minimum Gasteiger partial charge on any atom is -0.376 e. The molecule has 1 fully saturated rings. The number of carbonyl (C=O) groups excluding carboxylic acids is 3. The summed E-state index contributed by atoms with van der Waals surface area (Å²) in [7, 11) is 0. The van der Waals surface area contributed by atoms with Gasteiger partial charge in [-0.05, 0) is 63.4 Å². The van der Waals surface area contributed by atoms with E-state index in [1.165, 1.54) is 29.2 Å². The van der Waals surface area contributed by atoms with Crippen LogP contribution in [0.2, 0.25) is 0 Å². The van der Waals surface area contributed by atoms with E-state index in [1.54, 1.807) is 24.4 Å². The Morgan fingerprint density at radius 1 is 1.14 bits per heavy atom. The van der Waals surface area contributed by atoms with Crippen LogP contribution in [0.25, 0.3) is 0 Å². The molecular formula is C26H33FN4O4. The molecule has 3 rings (SSSR count). The number of hydrogen-bond donors (Lipinski definition) is 2. The van der Waals surface area contributed by atoms with Crippen LogP contribution >= 0.6 is 0 Å². The molecule has 0 radical (unpaired) electrons. The van der Waals surface area contributed by atoms with Gasteiger partial charge in [-0.25, -0.2) is 9.37 Å². The van der Waals surface area contributed by atoms with E-state index < -0.39 is 17.4 Å². The Morgan fingerprint density at radius 2 is 1.89 bits per heavy atom. The molecule has 0 bridgehead atoms. The molecule has 8 nitrogen and oxygen atoms in total. The summed E-state index contributed by atoms with van der Waals surface area (Å²) in [6, 6.07) is 9.69. The number of ether oxygens (including phenoxy) is 1. The van der Waals surface area contributed by atoms with Crippen LogP contribution in [0, 0.1) is 5.82 Å². The molecule has 3 amide bonds. The molecule has 0 unspecified atom stereocenters. The summed E-state index contributed by atoms with van der Waals surface area (Å²) in [5, 5.41) is 5.60. The van der Waals surface area contributed by atoms with E-state index in [4.69, 9.17) is 4.74 Å². The summed E-state index contributed by atoms with van der Waals surface area (Å²) in [6.07, 6.45) is 2.80. The third-order valence-corrected chi connectivity index (χ3v) is 5.49. The van der Waals surface area contributed by atoms with E-state index in [9.17, 15) is 18.8 Å². The van der Waals surface area contributed by atoms with Crippen molar-refractivity contribution in [1.29, 1.82) is 0 Å². The zero-order chi connectivity index (χ0) is 25.4. The molecule has 0 aliphatic carbocycles. The van der Waals surface area contributed by atoms with Crippen LogP contribution in [-0.2, 0) is 19.1 Å². The van der Waals surface area contributed by atoms with Gasteiger partial charge < -0.3 is 20.3 Å². The number of pyridine rings is 1. The predicted molar refractivity (Wildman–Crippen MR) is 130 cm³/mol. The molecular weight excluding hydrogens is 451 g/mol. The fourth-order valence-corrected chi connectivity index (χ4v) is 3.92. The van der Waals surface area contributed by atoms with Gasteiger partial charge in [0.15, 0.2) is 0 Å². The van der Waals surface area contributed by atoms with Gasteiger partial charge in [0.05, 0.1) is 6.10 Å². The van der Waals surface area contributed by atoms with Crippen LogP contribution in [0.3, 0.4) is 0 Å². The highest BCUT2D eigenvalue weighted by Gasteiger charge is 2.35. The number of amides is 3. The van der Waals surface area contributed by atoms with E-state index in [-0.39, 0.29) is 43.2 Å². The van der Waals surface area contributed by atoms with Gasteiger partial charge in [0, 0.05) is 37.7 Å². The zero-order valence-electron chi connectivity index (χ0n) is 20.4. The molecule has 9 heteroatoms. The Morgan fingerprint density at radius 3 is 2.49 bits per heavy atom. The van der Waals surface area contributed by atoms with Crippen molar-refractivity contribution in [3.05, 3.63) is 60.0 Å². The fourth-order valence-electron chi connectivity index (χ4n) is 3.92. The first kappa shape index (κ1) is 26.3. The topological polar surface area (TPSA) is 101 Å². The lowest BCUT2D eigenvalue weighted by atomic mass is 10.00. The van der Waals surface area contributed by atoms with E-state index >= 15 is 0 Å². The van der Waals surface area contributed by atoms with Crippen molar-refractivity contribution in [1.82, 2.24) is 15.2 Å². The number of carbonyl (C=O) groups is 3. The SMILES string of the molecule is CC(C)(C)NC(=O)[C@H](c1ccc(F)cc1)N(C[C@@H]1CCCO1)C(=O)CCC(=O)Nc1ccccn1. The maximum Gasteiger partial charge on any atom is 0.247 e. The Bertz CT molecular complexity index is 1000. The van der Waals surface area contributed by atoms with Crippen LogP contribution in [0.15, 0.2) is 48.7 Å². The lowest BCUT2D eigenvalue weighted by Crippen LogP contribution is -2.50. The normalized spacial score (nSPS) is 16.4. The summed E-state index contributed by atoms with van der Waals surface area (Å²) in [6.45, 7) is 6.33. The van der Waals surface area contributed by atoms with E-state index in [1.807, 2.05) is 20.8 Å². The number of benzene rings is 1. The van der Waals surface area contributed by atoms with Crippen LogP contribution < -0.4 is 10.6 Å². The monoisotopic (exact) mass is 484 g/mol. The van der Waals surface area contributed by atoms with Gasteiger partial charge in [0.2, 0.25) is 17.7 Å². The Labute approximate surface area is 205 Å². The largest absolute Gasteiger partial charge is 0.376 e. The van der Waals surface area contributed by atoms with Gasteiger partial charge in [-0.3, -0.25) is 14.4 Å². The molecule has 1 aromatic heterocycles. The molecule has 188 valence electrons. The summed E-state index contributed by atoms with van der Waals surface area (Å²) in [5.41, 5.74) is -0.0614. The number of aromatic nitrogens is 1. The van der Waals surface area contributed by atoms with Crippen molar-refractivity contribution in [2.45, 2.75) is 64.1 Å². The Kier molecular flexibility index (Phi) is 8.92. The number of hydrogen-bond acceptors (Lipinski definition) is 5. The Balaban J connectivity index is 1.82. The average Bonchev–Trinajstić information content (AvgIpc) is 3.31. The molecule has 2 atom stereocenters. The number of halogens is 1. The van der Waals surface area contributed by atoms with Crippen LogP contribution in [-0.4, -0.2) is 52.4 Å². The van der Waals surface area contributed by atoms with Crippen molar-refractivity contribution in [3.8, 4) is 0 Å². The summed E-state index contributed by atoms with van der Waals surface area (Å²) >= 11 is 0. The summed E-state index contributed by atoms with van der Waals surface area (Å²) < 4.78 is 19.4. The van der Waals surface area contributed by atoms with Crippen molar-refractivity contribution >= 4 is 23.5 Å². The van der Waals surface area contributed by atoms with Gasteiger partial charge in [-0.15, -0.1) is 0 Å². The number of nitrogens with one attached hydrogen (secondary N) is 2. The highest BCUT2D eigenvalue weighted by Crippen LogP contribution is 2.26. The molecule has 35 heavy (non-hydrogen) atoms. The fraction of sp³-hybridized carbons (Fsp3) is 0.462. The van der Waals surface area contributed by atoms with E-state index in [0.29, 0.717) is 18.0 Å². The molecule has 1 saturated heterocycles. The molecule has 0 spiro atoms. The standard InChI is InChI=1S/C26H33FN4O4/c1-26(2,3)30-25(34)24(18-9-11-19(27)12-10-18)31(17-20-7-6-16-35-20)23(33)14-13-22(32)29-21-8-4-5-15-28-21/h4-5,8-12,15,20,24H,6-7,13-14,16-17H2,1-3H3,(H,30,34)(H,28,29,32)/t20-,24-/m0/s1. The predicted octanol–water partition coefficient (Wildman–Crippen LogP) is 3.60. The smallest absolute Gasteiger partial charge is 0.247 e. The zero-order valence-corrected chi connectivity index (χ0v) is 20.4. The van der Waals surface area contributed by atoms with Crippen LogP contribution in [0.5, 0.6) is 0 Å². The highest BCUT2D eigenvalue weighted by atomic mass is 19.1. The van der Waals surface area contributed by atoms with Crippen LogP contribution in [0.4, 0.5) is 10.2 Å². The first-order chi connectivity index (χ1) is 16.6. The highest BCUT2D eigenvalue weighted by molar-refractivity contribution is 5.94. The minimum atomic E-state index is -0.995. The average molecular weight is 485 g/mol. The van der Waals surface area contributed by atoms with Gasteiger partial charge in [0.25, 0.3) is 0 Å². The number of rotatable bonds is 9. The molecule has 2 N–H and O–H groups in total.